The molecule has 160 valence electrons. The van der Waals surface area contributed by atoms with Gasteiger partial charge in [-0.2, -0.15) is 4.31 Å². The summed E-state index contributed by atoms with van der Waals surface area (Å²) in [6, 6.07) is 15.2. The Morgan fingerprint density at radius 1 is 1.00 bits per heavy atom. The average Bonchev–Trinajstić information content (AvgIpc) is 3.55. The van der Waals surface area contributed by atoms with E-state index in [-0.39, 0.29) is 11.9 Å². The fourth-order valence-electron chi connectivity index (χ4n) is 4.00. The zero-order chi connectivity index (χ0) is 21.3. The molecule has 7 heteroatoms. The Morgan fingerprint density at radius 2 is 1.67 bits per heavy atom. The van der Waals surface area contributed by atoms with E-state index in [0.29, 0.717) is 31.1 Å². The van der Waals surface area contributed by atoms with Gasteiger partial charge in [0.15, 0.2) is 0 Å². The molecule has 1 saturated carbocycles. The summed E-state index contributed by atoms with van der Waals surface area (Å²) in [6.45, 7) is 5.50. The summed E-state index contributed by atoms with van der Waals surface area (Å²) < 4.78 is 28.0. The second-order valence-electron chi connectivity index (χ2n) is 8.31. The van der Waals surface area contributed by atoms with Crippen molar-refractivity contribution in [2.45, 2.75) is 43.7 Å². The number of amides is 1. The number of nitrogens with zero attached hydrogens (tertiary/aromatic N) is 2. The molecule has 2 aromatic rings. The number of sulfonamides is 1. The largest absolute Gasteiger partial charge is 0.352 e. The maximum absolute atomic E-state index is 13.2. The minimum atomic E-state index is -3.55. The first-order valence-electron chi connectivity index (χ1n) is 10.5. The van der Waals surface area contributed by atoms with Crippen molar-refractivity contribution in [1.29, 1.82) is 0 Å². The summed E-state index contributed by atoms with van der Waals surface area (Å²) in [5, 5.41) is 3.12. The highest BCUT2D eigenvalue weighted by molar-refractivity contribution is 7.89. The van der Waals surface area contributed by atoms with E-state index in [1.807, 2.05) is 56.3 Å². The molecule has 2 fully saturated rings. The summed E-state index contributed by atoms with van der Waals surface area (Å²) >= 11 is 0. The zero-order valence-corrected chi connectivity index (χ0v) is 18.4. The van der Waals surface area contributed by atoms with Crippen LogP contribution in [0.15, 0.2) is 53.4 Å². The van der Waals surface area contributed by atoms with Gasteiger partial charge in [0.1, 0.15) is 6.04 Å². The van der Waals surface area contributed by atoms with E-state index in [4.69, 9.17) is 0 Å². The number of nitrogens with one attached hydrogen (secondary N) is 1. The van der Waals surface area contributed by atoms with Gasteiger partial charge in [-0.05, 0) is 49.4 Å². The molecular weight excluding hydrogens is 398 g/mol. The van der Waals surface area contributed by atoms with Crippen molar-refractivity contribution in [3.63, 3.8) is 0 Å². The predicted molar refractivity (Wildman–Crippen MR) is 117 cm³/mol. The average molecular weight is 428 g/mol. The van der Waals surface area contributed by atoms with Gasteiger partial charge in [-0.25, -0.2) is 8.42 Å². The predicted octanol–water partition coefficient (Wildman–Crippen LogP) is 2.63. The molecule has 2 aromatic carbocycles. The van der Waals surface area contributed by atoms with Crippen molar-refractivity contribution >= 4 is 15.9 Å². The molecule has 1 atom stereocenters. The Balaban J connectivity index is 1.51. The van der Waals surface area contributed by atoms with Crippen LogP contribution < -0.4 is 5.32 Å². The van der Waals surface area contributed by atoms with E-state index in [1.165, 1.54) is 0 Å². The Hall–Kier alpha value is -2.22. The van der Waals surface area contributed by atoms with E-state index in [9.17, 15) is 13.2 Å². The van der Waals surface area contributed by atoms with Gasteiger partial charge in [-0.15, -0.1) is 0 Å². The second kappa shape index (κ2) is 8.49. The van der Waals surface area contributed by atoms with Crippen LogP contribution in [0.1, 0.15) is 35.6 Å². The Labute approximate surface area is 178 Å². The number of piperazine rings is 1. The Bertz CT molecular complexity index is 1010. The Kier molecular flexibility index (Phi) is 5.95. The topological polar surface area (TPSA) is 69.7 Å². The molecule has 1 N–H and O–H groups in total. The summed E-state index contributed by atoms with van der Waals surface area (Å²) in [7, 11) is -3.55. The molecule has 1 aliphatic carbocycles. The third-order valence-electron chi connectivity index (χ3n) is 5.89. The highest BCUT2D eigenvalue weighted by Gasteiger charge is 2.36. The molecule has 0 spiro atoms. The van der Waals surface area contributed by atoms with Gasteiger partial charge in [-0.1, -0.05) is 42.5 Å². The van der Waals surface area contributed by atoms with E-state index in [1.54, 1.807) is 10.4 Å². The number of carbonyl (C=O) groups is 1. The Morgan fingerprint density at radius 3 is 2.30 bits per heavy atom. The molecular formula is C23H29N3O3S. The van der Waals surface area contributed by atoms with E-state index >= 15 is 0 Å². The van der Waals surface area contributed by atoms with Gasteiger partial charge >= 0.3 is 0 Å². The minimum absolute atomic E-state index is 0.00883. The molecule has 2 aliphatic rings. The normalized spacial score (nSPS) is 19.4. The van der Waals surface area contributed by atoms with Crippen LogP contribution in [-0.4, -0.2) is 55.8 Å². The first kappa shape index (κ1) is 21.0. The third-order valence-corrected chi connectivity index (χ3v) is 7.93. The lowest BCUT2D eigenvalue weighted by molar-refractivity contribution is -0.127. The molecule has 0 bridgehead atoms. The summed E-state index contributed by atoms with van der Waals surface area (Å²) in [6.07, 6.45) is 2.07. The lowest BCUT2D eigenvalue weighted by Crippen LogP contribution is -2.52. The lowest BCUT2D eigenvalue weighted by Gasteiger charge is -2.38. The van der Waals surface area contributed by atoms with Gasteiger partial charge in [-0.3, -0.25) is 9.69 Å². The summed E-state index contributed by atoms with van der Waals surface area (Å²) in [4.78, 5) is 15.5. The van der Waals surface area contributed by atoms with Gasteiger partial charge < -0.3 is 5.32 Å². The van der Waals surface area contributed by atoms with Crippen LogP contribution in [0.5, 0.6) is 0 Å². The fraction of sp³-hybridized carbons (Fsp3) is 0.435. The number of carbonyl (C=O) groups excluding carboxylic acids is 1. The van der Waals surface area contributed by atoms with Gasteiger partial charge in [0.05, 0.1) is 4.90 Å². The highest BCUT2D eigenvalue weighted by atomic mass is 32.2. The number of benzene rings is 2. The molecule has 30 heavy (non-hydrogen) atoms. The standard InChI is InChI=1S/C23H29N3O3S/c1-17-8-9-18(2)21(16-17)30(28,29)26-14-12-25(13-15-26)22(19-6-4-3-5-7-19)23(27)24-20-10-11-20/h3-9,16,20,22H,10-15H2,1-2H3,(H,24,27)/t22-/m0/s1. The molecule has 1 aliphatic heterocycles. The van der Waals surface area contributed by atoms with Crippen LogP contribution in [-0.2, 0) is 14.8 Å². The molecule has 1 saturated heterocycles. The van der Waals surface area contributed by atoms with Crippen molar-refractivity contribution in [2.75, 3.05) is 26.2 Å². The molecule has 4 rings (SSSR count). The zero-order valence-electron chi connectivity index (χ0n) is 17.5. The smallest absolute Gasteiger partial charge is 0.243 e. The maximum atomic E-state index is 13.2. The molecule has 6 nitrogen and oxygen atoms in total. The number of rotatable bonds is 6. The van der Waals surface area contributed by atoms with Crippen molar-refractivity contribution in [1.82, 2.24) is 14.5 Å². The number of hydrogen-bond acceptors (Lipinski definition) is 4. The van der Waals surface area contributed by atoms with Gasteiger partial charge in [0.2, 0.25) is 15.9 Å². The van der Waals surface area contributed by atoms with Crippen LogP contribution in [0.2, 0.25) is 0 Å². The first-order valence-corrected chi connectivity index (χ1v) is 12.0. The maximum Gasteiger partial charge on any atom is 0.243 e. The first-order chi connectivity index (χ1) is 14.4. The van der Waals surface area contributed by atoms with Crippen molar-refractivity contribution in [3.8, 4) is 0 Å². The quantitative estimate of drug-likeness (QED) is 0.770. The van der Waals surface area contributed by atoms with E-state index < -0.39 is 16.1 Å². The van der Waals surface area contributed by atoms with E-state index in [0.717, 1.165) is 29.5 Å². The van der Waals surface area contributed by atoms with Crippen molar-refractivity contribution in [2.24, 2.45) is 0 Å². The van der Waals surface area contributed by atoms with E-state index in [2.05, 4.69) is 10.2 Å². The highest BCUT2D eigenvalue weighted by Crippen LogP contribution is 2.28. The van der Waals surface area contributed by atoms with Crippen LogP contribution >= 0.6 is 0 Å². The van der Waals surface area contributed by atoms with Gasteiger partial charge in [0, 0.05) is 32.2 Å². The van der Waals surface area contributed by atoms with Gasteiger partial charge in [0.25, 0.3) is 0 Å². The third kappa shape index (κ3) is 4.43. The lowest BCUT2D eigenvalue weighted by atomic mass is 10.0. The molecule has 1 amide bonds. The molecule has 1 heterocycles. The minimum Gasteiger partial charge on any atom is -0.352 e. The van der Waals surface area contributed by atoms with Crippen LogP contribution in [0.3, 0.4) is 0 Å². The fourth-order valence-corrected chi connectivity index (χ4v) is 5.73. The number of aryl methyl sites for hydroxylation is 2. The molecule has 0 unspecified atom stereocenters. The monoisotopic (exact) mass is 427 g/mol. The number of hydrogen-bond donors (Lipinski definition) is 1. The van der Waals surface area contributed by atoms with Crippen LogP contribution in [0.25, 0.3) is 0 Å². The SMILES string of the molecule is Cc1ccc(C)c(S(=O)(=O)N2CCN([C@H](C(=O)NC3CC3)c3ccccc3)CC2)c1. The van der Waals surface area contributed by atoms with Crippen molar-refractivity contribution in [3.05, 3.63) is 65.2 Å². The second-order valence-corrected chi connectivity index (χ2v) is 10.2. The molecule has 0 aromatic heterocycles. The summed E-state index contributed by atoms with van der Waals surface area (Å²) in [5.41, 5.74) is 2.63. The molecule has 0 radical (unpaired) electrons. The van der Waals surface area contributed by atoms with Crippen LogP contribution in [0, 0.1) is 13.8 Å². The van der Waals surface area contributed by atoms with Crippen molar-refractivity contribution < 1.29 is 13.2 Å². The summed E-state index contributed by atoms with van der Waals surface area (Å²) in [5.74, 6) is 0.00883. The van der Waals surface area contributed by atoms with Crippen LogP contribution in [0.4, 0.5) is 0 Å².